The van der Waals surface area contributed by atoms with Gasteiger partial charge in [-0.3, -0.25) is 10.6 Å². The van der Waals surface area contributed by atoms with E-state index in [4.69, 9.17) is 10.6 Å². The van der Waals surface area contributed by atoms with E-state index in [0.29, 0.717) is 13.2 Å². The van der Waals surface area contributed by atoms with Gasteiger partial charge in [-0.2, -0.15) is 0 Å². The summed E-state index contributed by atoms with van der Waals surface area (Å²) in [5.74, 6) is 5.85. The highest BCUT2D eigenvalue weighted by atomic mass is 16.5. The Morgan fingerprint density at radius 2 is 2.33 bits per heavy atom. The van der Waals surface area contributed by atoms with Crippen molar-refractivity contribution in [1.29, 1.82) is 0 Å². The van der Waals surface area contributed by atoms with Crippen molar-refractivity contribution >= 4 is 5.78 Å². The van der Waals surface area contributed by atoms with Crippen molar-refractivity contribution < 1.29 is 9.53 Å². The highest BCUT2D eigenvalue weighted by molar-refractivity contribution is 5.82. The van der Waals surface area contributed by atoms with Crippen LogP contribution < -0.4 is 5.84 Å². The van der Waals surface area contributed by atoms with Crippen molar-refractivity contribution in [2.75, 3.05) is 46.9 Å². The van der Waals surface area contributed by atoms with Crippen LogP contribution in [0.1, 0.15) is 6.42 Å². The molecule has 0 saturated carbocycles. The molecule has 0 unspecified atom stereocenters. The lowest BCUT2D eigenvalue weighted by atomic mass is 10.0. The van der Waals surface area contributed by atoms with Crippen LogP contribution in [0.5, 0.6) is 0 Å². The first-order valence-electron chi connectivity index (χ1n) is 5.34. The van der Waals surface area contributed by atoms with Crippen LogP contribution in [0.4, 0.5) is 0 Å². The second kappa shape index (κ2) is 6.17. The van der Waals surface area contributed by atoms with Gasteiger partial charge in [0.1, 0.15) is 6.61 Å². The Balaban J connectivity index is 2.08. The van der Waals surface area contributed by atoms with Crippen LogP contribution in [0.25, 0.3) is 0 Å². The number of Topliss-reactive ketones (excluding diaryl/α,β-unsaturated/α-hetero) is 1. The molecular weight excluding hydrogens is 194 g/mol. The first kappa shape index (κ1) is 12.6. The minimum atomic E-state index is 0.0781. The molecule has 0 aromatic heterocycles. The Labute approximate surface area is 91.1 Å². The summed E-state index contributed by atoms with van der Waals surface area (Å²) in [5.41, 5.74) is 0. The molecule has 1 heterocycles. The molecule has 5 heteroatoms. The summed E-state index contributed by atoms with van der Waals surface area (Å²) in [7, 11) is 3.96. The summed E-state index contributed by atoms with van der Waals surface area (Å²) in [6.07, 6.45) is 0.867. The third-order valence-electron chi connectivity index (χ3n) is 2.60. The van der Waals surface area contributed by atoms with E-state index < -0.39 is 0 Å². The Bertz CT molecular complexity index is 209. The highest BCUT2D eigenvalue weighted by Crippen LogP contribution is 2.13. The second-order valence-electron chi connectivity index (χ2n) is 4.30. The summed E-state index contributed by atoms with van der Waals surface area (Å²) in [6, 6.07) is 0. The van der Waals surface area contributed by atoms with E-state index in [1.807, 2.05) is 19.0 Å². The minimum absolute atomic E-state index is 0.0781. The van der Waals surface area contributed by atoms with Gasteiger partial charge >= 0.3 is 0 Å². The molecule has 1 aliphatic rings. The predicted molar refractivity (Wildman–Crippen MR) is 58.2 cm³/mol. The molecule has 0 aromatic carbocycles. The van der Waals surface area contributed by atoms with E-state index in [0.717, 1.165) is 19.5 Å². The van der Waals surface area contributed by atoms with Crippen LogP contribution in [0.2, 0.25) is 0 Å². The number of carbonyl (C=O) groups excluding carboxylic acids is 1. The molecule has 88 valence electrons. The number of hydrogen-bond donors (Lipinski definition) is 1. The van der Waals surface area contributed by atoms with Crippen molar-refractivity contribution in [3.63, 3.8) is 0 Å². The molecule has 1 aliphatic heterocycles. The molecule has 1 fully saturated rings. The zero-order chi connectivity index (χ0) is 11.3. The third kappa shape index (κ3) is 4.70. The number of ether oxygens (including phenoxy) is 1. The fraction of sp³-hybridized carbons (Fsp3) is 0.900. The molecule has 0 bridgehead atoms. The van der Waals surface area contributed by atoms with E-state index in [9.17, 15) is 4.79 Å². The maximum Gasteiger partial charge on any atom is 0.162 e. The minimum Gasteiger partial charge on any atom is -0.372 e. The maximum atomic E-state index is 11.6. The number of carbonyl (C=O) groups is 1. The first-order chi connectivity index (χ1) is 7.09. The quantitative estimate of drug-likeness (QED) is 0.470. The van der Waals surface area contributed by atoms with Gasteiger partial charge in [0.2, 0.25) is 0 Å². The Hall–Kier alpha value is -0.490. The van der Waals surface area contributed by atoms with Crippen molar-refractivity contribution in [3.05, 3.63) is 0 Å². The van der Waals surface area contributed by atoms with E-state index in [1.165, 1.54) is 0 Å². The topological polar surface area (TPSA) is 58.8 Å². The maximum absolute atomic E-state index is 11.6. The molecule has 15 heavy (non-hydrogen) atoms. The number of nitrogens with zero attached hydrogens (tertiary/aromatic N) is 2. The van der Waals surface area contributed by atoms with Gasteiger partial charge in [-0.1, -0.05) is 0 Å². The van der Waals surface area contributed by atoms with Crippen molar-refractivity contribution in [2.24, 2.45) is 11.8 Å². The average molecular weight is 215 g/mol. The normalized spacial score (nSPS) is 22.5. The highest BCUT2D eigenvalue weighted by Gasteiger charge is 2.26. The van der Waals surface area contributed by atoms with Crippen LogP contribution in [-0.2, 0) is 9.53 Å². The zero-order valence-corrected chi connectivity index (χ0v) is 9.61. The number of hydrogen-bond acceptors (Lipinski definition) is 5. The van der Waals surface area contributed by atoms with Crippen LogP contribution in [-0.4, -0.2) is 62.6 Å². The lowest BCUT2D eigenvalue weighted by molar-refractivity contribution is -0.127. The van der Waals surface area contributed by atoms with E-state index in [2.05, 4.69) is 0 Å². The predicted octanol–water partition coefficient (Wildman–Crippen LogP) is -0.671. The zero-order valence-electron chi connectivity index (χ0n) is 9.61. The fourth-order valence-corrected chi connectivity index (χ4v) is 1.59. The first-order valence-corrected chi connectivity index (χ1v) is 5.34. The smallest absolute Gasteiger partial charge is 0.162 e. The summed E-state index contributed by atoms with van der Waals surface area (Å²) >= 11 is 0. The number of ketones is 1. The molecule has 0 aliphatic carbocycles. The van der Waals surface area contributed by atoms with Crippen LogP contribution in [0, 0.1) is 5.92 Å². The second-order valence-corrected chi connectivity index (χ2v) is 4.30. The number of nitrogens with two attached hydrogens (primary N) is 1. The van der Waals surface area contributed by atoms with E-state index in [1.54, 1.807) is 5.01 Å². The SMILES string of the molecule is CN(C)CCOCC(=O)[C@H]1CCN(N)C1. The van der Waals surface area contributed by atoms with Gasteiger partial charge in [-0.25, -0.2) is 5.01 Å². The molecule has 1 rings (SSSR count). The molecule has 0 spiro atoms. The van der Waals surface area contributed by atoms with Crippen LogP contribution >= 0.6 is 0 Å². The summed E-state index contributed by atoms with van der Waals surface area (Å²) in [5, 5.41) is 1.70. The molecule has 0 amide bonds. The molecule has 1 atom stereocenters. The fourth-order valence-electron chi connectivity index (χ4n) is 1.59. The number of rotatable bonds is 6. The third-order valence-corrected chi connectivity index (χ3v) is 2.60. The molecular formula is C10H21N3O2. The van der Waals surface area contributed by atoms with Crippen LogP contribution in [0.3, 0.4) is 0 Å². The van der Waals surface area contributed by atoms with Gasteiger partial charge in [0.05, 0.1) is 6.61 Å². The lowest BCUT2D eigenvalue weighted by Gasteiger charge is -2.11. The average Bonchev–Trinajstić information content (AvgIpc) is 2.59. The van der Waals surface area contributed by atoms with Gasteiger partial charge in [0.25, 0.3) is 0 Å². The van der Waals surface area contributed by atoms with Crippen LogP contribution in [0.15, 0.2) is 0 Å². The summed E-state index contributed by atoms with van der Waals surface area (Å²) in [4.78, 5) is 13.6. The monoisotopic (exact) mass is 215 g/mol. The standard InChI is InChI=1S/C10H21N3O2/c1-12(2)5-6-15-8-10(14)9-3-4-13(11)7-9/h9H,3-8,11H2,1-2H3/t9-/m0/s1. The molecule has 0 aromatic rings. The Morgan fingerprint density at radius 3 is 2.87 bits per heavy atom. The lowest BCUT2D eigenvalue weighted by Crippen LogP contribution is -2.30. The number of likely N-dealkylation sites (N-methyl/N-ethyl adjacent to an activating group) is 1. The molecule has 1 saturated heterocycles. The summed E-state index contributed by atoms with van der Waals surface area (Å²) in [6.45, 7) is 3.18. The molecule has 2 N–H and O–H groups in total. The van der Waals surface area contributed by atoms with Gasteiger partial charge in [-0.05, 0) is 20.5 Å². The van der Waals surface area contributed by atoms with E-state index in [-0.39, 0.29) is 18.3 Å². The summed E-state index contributed by atoms with van der Waals surface area (Å²) < 4.78 is 5.30. The van der Waals surface area contributed by atoms with Gasteiger partial charge in [-0.15, -0.1) is 0 Å². The van der Waals surface area contributed by atoms with Crippen molar-refractivity contribution in [1.82, 2.24) is 9.91 Å². The van der Waals surface area contributed by atoms with Crippen molar-refractivity contribution in [3.8, 4) is 0 Å². The van der Waals surface area contributed by atoms with Gasteiger partial charge in [0.15, 0.2) is 5.78 Å². The Kier molecular flexibility index (Phi) is 5.17. The van der Waals surface area contributed by atoms with Gasteiger partial charge in [0, 0.05) is 25.6 Å². The van der Waals surface area contributed by atoms with Gasteiger partial charge < -0.3 is 9.64 Å². The number of hydrazine groups is 1. The largest absolute Gasteiger partial charge is 0.372 e. The molecule has 0 radical (unpaired) electrons. The Morgan fingerprint density at radius 1 is 1.60 bits per heavy atom. The molecule has 5 nitrogen and oxygen atoms in total. The van der Waals surface area contributed by atoms with E-state index >= 15 is 0 Å². The van der Waals surface area contributed by atoms with Crippen molar-refractivity contribution in [2.45, 2.75) is 6.42 Å².